The molecule has 0 amide bonds. The number of aliphatic hydroxyl groups is 1. The summed E-state index contributed by atoms with van der Waals surface area (Å²) in [5, 5.41) is 8.46. The van der Waals surface area contributed by atoms with Crippen molar-refractivity contribution < 1.29 is 9.90 Å². The van der Waals surface area contributed by atoms with E-state index in [0.717, 1.165) is 0 Å². The lowest BCUT2D eigenvalue weighted by Crippen LogP contribution is -1.74. The Morgan fingerprint density at radius 3 is 2.00 bits per heavy atom. The fourth-order valence-corrected chi connectivity index (χ4v) is 0.243. The molecule has 0 saturated carbocycles. The zero-order valence-electron chi connectivity index (χ0n) is 7.00. The first-order chi connectivity index (χ1) is 5.16. The molecular formula is C9H14O2. The quantitative estimate of drug-likeness (QED) is 0.293. The molecule has 0 rings (SSSR count). The van der Waals surface area contributed by atoms with Crippen LogP contribution in [0.2, 0.25) is 0 Å². The first-order valence-electron chi connectivity index (χ1n) is 3.37. The first kappa shape index (κ1) is 12.4. The smallest absolute Gasteiger partial charge is 0.149 e. The number of carbonyl (C=O) groups excluding carboxylic acids is 1. The molecule has 0 saturated heterocycles. The van der Waals surface area contributed by atoms with E-state index in [1.54, 1.807) is 0 Å². The second-order valence-electron chi connectivity index (χ2n) is 1.52. The van der Waals surface area contributed by atoms with Gasteiger partial charge in [0.25, 0.3) is 0 Å². The third kappa shape index (κ3) is 12.0. The van der Waals surface area contributed by atoms with Crippen LogP contribution in [0.5, 0.6) is 0 Å². The van der Waals surface area contributed by atoms with E-state index in [1.807, 2.05) is 13.8 Å². The number of aldehydes is 1. The van der Waals surface area contributed by atoms with Gasteiger partial charge in [-0.1, -0.05) is 27.0 Å². The van der Waals surface area contributed by atoms with E-state index in [-0.39, 0.29) is 5.76 Å². The first-order valence-corrected chi connectivity index (χ1v) is 3.37. The molecule has 0 aromatic heterocycles. The van der Waals surface area contributed by atoms with Crippen LogP contribution >= 0.6 is 0 Å². The molecule has 2 nitrogen and oxygen atoms in total. The van der Waals surface area contributed by atoms with Crippen molar-refractivity contribution in [2.45, 2.75) is 13.8 Å². The van der Waals surface area contributed by atoms with Crippen LogP contribution in [0.4, 0.5) is 0 Å². The Morgan fingerprint density at radius 2 is 1.73 bits per heavy atom. The highest BCUT2D eigenvalue weighted by atomic mass is 16.3. The number of allylic oxidation sites excluding steroid dienone is 3. The molecule has 11 heavy (non-hydrogen) atoms. The standard InChI is InChI=1S/C7H8O2.C2H6/c1-6(5-8)3-4-7(2)9;1-2/h3-5,9H,1-2H2;1-2H3/b4-3-;. The number of hydrogen-bond donors (Lipinski definition) is 1. The summed E-state index contributed by atoms with van der Waals surface area (Å²) in [7, 11) is 0. The van der Waals surface area contributed by atoms with Crippen molar-refractivity contribution in [2.24, 2.45) is 0 Å². The summed E-state index contributed by atoms with van der Waals surface area (Å²) in [5.41, 5.74) is 0.310. The average molecular weight is 154 g/mol. The lowest BCUT2D eigenvalue weighted by molar-refractivity contribution is -0.104. The average Bonchev–Trinajstić information content (AvgIpc) is 2.04. The van der Waals surface area contributed by atoms with Gasteiger partial charge in [0.2, 0.25) is 0 Å². The Balaban J connectivity index is 0. The van der Waals surface area contributed by atoms with Gasteiger partial charge in [0.05, 0.1) is 0 Å². The number of rotatable bonds is 3. The van der Waals surface area contributed by atoms with E-state index in [9.17, 15) is 4.79 Å². The van der Waals surface area contributed by atoms with E-state index in [2.05, 4.69) is 13.2 Å². The zero-order valence-corrected chi connectivity index (χ0v) is 7.00. The molecule has 2 heteroatoms. The highest BCUT2D eigenvalue weighted by Crippen LogP contribution is 1.90. The van der Waals surface area contributed by atoms with Crippen LogP contribution in [0.25, 0.3) is 0 Å². The molecule has 1 N–H and O–H groups in total. The van der Waals surface area contributed by atoms with Gasteiger partial charge in [0.15, 0.2) is 0 Å². The molecule has 62 valence electrons. The van der Waals surface area contributed by atoms with Gasteiger partial charge in [-0.25, -0.2) is 0 Å². The van der Waals surface area contributed by atoms with Gasteiger partial charge in [-0.3, -0.25) is 4.79 Å². The minimum Gasteiger partial charge on any atom is -0.509 e. The molecule has 0 atom stereocenters. The summed E-state index contributed by atoms with van der Waals surface area (Å²) in [4.78, 5) is 9.86. The van der Waals surface area contributed by atoms with Crippen LogP contribution < -0.4 is 0 Å². The molecule has 0 unspecified atom stereocenters. The van der Waals surface area contributed by atoms with Crippen molar-refractivity contribution in [3.63, 3.8) is 0 Å². The lowest BCUT2D eigenvalue weighted by Gasteiger charge is -1.83. The predicted molar refractivity (Wildman–Crippen MR) is 47.5 cm³/mol. The molecular weight excluding hydrogens is 140 g/mol. The second-order valence-corrected chi connectivity index (χ2v) is 1.52. The topological polar surface area (TPSA) is 37.3 Å². The van der Waals surface area contributed by atoms with Gasteiger partial charge >= 0.3 is 0 Å². The predicted octanol–water partition coefficient (Wildman–Crippen LogP) is 2.40. The minimum atomic E-state index is -0.0852. The molecule has 0 aliphatic carbocycles. The summed E-state index contributed by atoms with van der Waals surface area (Å²) < 4.78 is 0. The molecule has 0 bridgehead atoms. The Kier molecular flexibility index (Phi) is 9.78. The summed E-state index contributed by atoms with van der Waals surface area (Å²) in [6, 6.07) is 0. The maximum Gasteiger partial charge on any atom is 0.149 e. The largest absolute Gasteiger partial charge is 0.509 e. The Labute approximate surface area is 67.6 Å². The molecule has 0 aliphatic rings. The van der Waals surface area contributed by atoms with Crippen molar-refractivity contribution in [3.8, 4) is 0 Å². The highest BCUT2D eigenvalue weighted by molar-refractivity contribution is 5.76. The van der Waals surface area contributed by atoms with Crippen LogP contribution in [0.1, 0.15) is 13.8 Å². The summed E-state index contributed by atoms with van der Waals surface area (Å²) in [6.07, 6.45) is 3.28. The van der Waals surface area contributed by atoms with Crippen molar-refractivity contribution >= 4 is 6.29 Å². The molecule has 0 aromatic rings. The van der Waals surface area contributed by atoms with Crippen molar-refractivity contribution in [3.05, 3.63) is 36.6 Å². The van der Waals surface area contributed by atoms with E-state index in [4.69, 9.17) is 5.11 Å². The van der Waals surface area contributed by atoms with Crippen molar-refractivity contribution in [2.75, 3.05) is 0 Å². The van der Waals surface area contributed by atoms with Crippen molar-refractivity contribution in [1.29, 1.82) is 0 Å². The maximum absolute atomic E-state index is 9.86. The third-order valence-corrected chi connectivity index (χ3v) is 0.641. The van der Waals surface area contributed by atoms with Crippen LogP contribution in [-0.4, -0.2) is 11.4 Å². The fraction of sp³-hybridized carbons (Fsp3) is 0.222. The van der Waals surface area contributed by atoms with Crippen LogP contribution in [0.15, 0.2) is 36.6 Å². The highest BCUT2D eigenvalue weighted by Gasteiger charge is 1.80. The monoisotopic (exact) mass is 154 g/mol. The van der Waals surface area contributed by atoms with Gasteiger partial charge in [0.1, 0.15) is 12.0 Å². The summed E-state index contributed by atoms with van der Waals surface area (Å²) in [5.74, 6) is -0.0852. The summed E-state index contributed by atoms with van der Waals surface area (Å²) in [6.45, 7) is 10.5. The van der Waals surface area contributed by atoms with E-state index in [1.165, 1.54) is 12.2 Å². The minimum absolute atomic E-state index is 0.0852. The molecule has 0 fully saturated rings. The molecule has 0 aromatic carbocycles. The van der Waals surface area contributed by atoms with Crippen LogP contribution in [0.3, 0.4) is 0 Å². The normalized spacial score (nSPS) is 8.18. The van der Waals surface area contributed by atoms with E-state index in [0.29, 0.717) is 11.9 Å². The van der Waals surface area contributed by atoms with Crippen molar-refractivity contribution in [1.82, 2.24) is 0 Å². The van der Waals surface area contributed by atoms with Gasteiger partial charge in [0, 0.05) is 5.57 Å². The van der Waals surface area contributed by atoms with Gasteiger partial charge in [-0.05, 0) is 12.2 Å². The maximum atomic E-state index is 9.86. The van der Waals surface area contributed by atoms with E-state index >= 15 is 0 Å². The lowest BCUT2D eigenvalue weighted by atomic mass is 10.3. The second kappa shape index (κ2) is 8.69. The number of hydrogen-bond acceptors (Lipinski definition) is 2. The molecule has 0 heterocycles. The van der Waals surface area contributed by atoms with Gasteiger partial charge in [-0.15, -0.1) is 0 Å². The Bertz CT molecular complexity index is 166. The van der Waals surface area contributed by atoms with E-state index < -0.39 is 0 Å². The van der Waals surface area contributed by atoms with Gasteiger partial charge < -0.3 is 5.11 Å². The fourth-order valence-electron chi connectivity index (χ4n) is 0.243. The SMILES string of the molecule is C=C(O)/C=C\C(=C)C=O.CC. The zero-order chi connectivity index (χ0) is 9.28. The number of carbonyl (C=O) groups is 1. The molecule has 0 spiro atoms. The molecule has 0 radical (unpaired) electrons. The van der Waals surface area contributed by atoms with Gasteiger partial charge in [-0.2, -0.15) is 0 Å². The van der Waals surface area contributed by atoms with Crippen LogP contribution in [0, 0.1) is 0 Å². The van der Waals surface area contributed by atoms with Crippen LogP contribution in [-0.2, 0) is 4.79 Å². The Hall–Kier alpha value is -1.31. The Morgan fingerprint density at radius 1 is 1.27 bits per heavy atom. The number of aliphatic hydroxyl groups excluding tert-OH is 1. The molecule has 0 aliphatic heterocycles. The summed E-state index contributed by atoms with van der Waals surface area (Å²) >= 11 is 0. The third-order valence-electron chi connectivity index (χ3n) is 0.641.